The molecule has 0 bridgehead atoms. The van der Waals surface area contributed by atoms with Gasteiger partial charge in [0.15, 0.2) is 29.0 Å². The number of fused-ring (bicyclic) bond motifs is 1. The molecule has 1 unspecified atom stereocenters. The molecular weight excluding hydrogens is 502 g/mol. The molecule has 4 aromatic heterocycles. The zero-order chi connectivity index (χ0) is 27.7. The molecule has 0 aliphatic carbocycles. The Labute approximate surface area is 226 Å². The second-order valence-corrected chi connectivity index (χ2v) is 11.2. The number of rotatable bonds is 10. The second-order valence-electron chi connectivity index (χ2n) is 11.2. The predicted molar refractivity (Wildman–Crippen MR) is 144 cm³/mol. The topological polar surface area (TPSA) is 161 Å². The smallest absolute Gasteiger partial charge is 0.226 e. The maximum atomic E-state index is 11.0. The van der Waals surface area contributed by atoms with E-state index in [-0.39, 0.29) is 5.41 Å². The van der Waals surface area contributed by atoms with Crippen LogP contribution >= 0.6 is 0 Å². The van der Waals surface area contributed by atoms with Crippen molar-refractivity contribution in [3.8, 4) is 0 Å². The molecule has 0 radical (unpaired) electrons. The number of aliphatic hydroxyl groups excluding tert-OH is 2. The third-order valence-electron chi connectivity index (χ3n) is 6.74. The lowest BCUT2D eigenvalue weighted by Crippen LogP contribution is -2.29. The van der Waals surface area contributed by atoms with E-state index in [1.165, 1.54) is 0 Å². The second kappa shape index (κ2) is 10.9. The number of hydrogen-bond donors (Lipinski definition) is 4. The van der Waals surface area contributed by atoms with Crippen LogP contribution in [0, 0.1) is 5.41 Å². The Morgan fingerprint density at radius 2 is 1.85 bits per heavy atom. The number of aryl methyl sites for hydroxylation is 2. The molecule has 1 saturated heterocycles. The van der Waals surface area contributed by atoms with Crippen LogP contribution < -0.4 is 10.6 Å². The van der Waals surface area contributed by atoms with E-state index in [2.05, 4.69) is 46.5 Å². The largest absolute Gasteiger partial charge is 0.387 e. The molecule has 5 rings (SSSR count). The summed E-state index contributed by atoms with van der Waals surface area (Å²) in [7, 11) is 1.93. The van der Waals surface area contributed by atoms with E-state index in [1.54, 1.807) is 23.3 Å². The standard InChI is InChI=1S/C26H37N9O4/c1-6-15-11-17(39-33-15)21-19(36)20(37)24(38-21)35-14-30-18-22(27-10-8-26(2,3)4)31-25(32-23(18)35)28-9-7-16-12-34(5)13-29-16/h11-14,19-21,24,36-37H,6-10H2,1-5H3,(H2,27,28,31,32)/t19-,20+,21?,24+/m0/s1. The van der Waals surface area contributed by atoms with Crippen LogP contribution in [0.4, 0.5) is 11.8 Å². The SMILES string of the molecule is CCc1cc(C2O[C@@H](n3cnc4c(NCCC(C)(C)C)nc(NCCc5cn(C)cn5)nc43)[C@H](O)[C@@H]2O)on1. The van der Waals surface area contributed by atoms with Gasteiger partial charge in [-0.05, 0) is 18.3 Å². The summed E-state index contributed by atoms with van der Waals surface area (Å²) >= 11 is 0. The number of nitrogens with one attached hydrogen (secondary N) is 2. The maximum Gasteiger partial charge on any atom is 0.226 e. The highest BCUT2D eigenvalue weighted by Gasteiger charge is 2.47. The van der Waals surface area contributed by atoms with Gasteiger partial charge < -0.3 is 34.7 Å². The van der Waals surface area contributed by atoms with Crippen molar-refractivity contribution in [2.45, 2.75) is 71.5 Å². The summed E-state index contributed by atoms with van der Waals surface area (Å²) in [5.41, 5.74) is 2.86. The lowest BCUT2D eigenvalue weighted by Gasteiger charge is -2.19. The van der Waals surface area contributed by atoms with Crippen molar-refractivity contribution >= 4 is 22.9 Å². The Hall–Kier alpha value is -3.55. The Morgan fingerprint density at radius 3 is 2.54 bits per heavy atom. The molecule has 1 aliphatic heterocycles. The zero-order valence-electron chi connectivity index (χ0n) is 23.0. The number of hydrogen-bond acceptors (Lipinski definition) is 11. The van der Waals surface area contributed by atoms with Crippen molar-refractivity contribution in [1.29, 1.82) is 0 Å². The first kappa shape index (κ1) is 27.0. The van der Waals surface area contributed by atoms with Crippen molar-refractivity contribution in [2.75, 3.05) is 23.7 Å². The van der Waals surface area contributed by atoms with Gasteiger partial charge in [-0.3, -0.25) is 4.57 Å². The minimum Gasteiger partial charge on any atom is -0.387 e. The average molecular weight is 540 g/mol. The lowest BCUT2D eigenvalue weighted by atomic mass is 9.92. The molecule has 13 nitrogen and oxygen atoms in total. The fourth-order valence-electron chi connectivity index (χ4n) is 4.51. The molecular formula is C26H37N9O4. The highest BCUT2D eigenvalue weighted by molar-refractivity contribution is 5.84. The fourth-order valence-corrected chi connectivity index (χ4v) is 4.51. The van der Waals surface area contributed by atoms with E-state index in [4.69, 9.17) is 19.2 Å². The lowest BCUT2D eigenvalue weighted by molar-refractivity contribution is -0.0434. The summed E-state index contributed by atoms with van der Waals surface area (Å²) in [4.78, 5) is 18.3. The zero-order valence-corrected chi connectivity index (χ0v) is 23.0. The molecule has 0 aromatic carbocycles. The van der Waals surface area contributed by atoms with Crippen molar-refractivity contribution < 1.29 is 19.5 Å². The first-order valence-corrected chi connectivity index (χ1v) is 13.3. The highest BCUT2D eigenvalue weighted by atomic mass is 16.6. The summed E-state index contributed by atoms with van der Waals surface area (Å²) < 4.78 is 15.0. The van der Waals surface area contributed by atoms with Crippen molar-refractivity contribution in [2.24, 2.45) is 12.5 Å². The van der Waals surface area contributed by atoms with Gasteiger partial charge in [0, 0.05) is 38.8 Å². The van der Waals surface area contributed by atoms with Gasteiger partial charge in [0.05, 0.1) is 24.0 Å². The summed E-state index contributed by atoms with van der Waals surface area (Å²) in [6.07, 6.45) is 3.32. The number of imidazole rings is 2. The van der Waals surface area contributed by atoms with Crippen LogP contribution in [0.15, 0.2) is 29.4 Å². The van der Waals surface area contributed by atoms with Crippen LogP contribution in [-0.4, -0.2) is 69.7 Å². The number of anilines is 2. The van der Waals surface area contributed by atoms with E-state index in [9.17, 15) is 10.2 Å². The van der Waals surface area contributed by atoms with E-state index < -0.39 is 24.5 Å². The number of ether oxygens (including phenoxy) is 1. The molecule has 39 heavy (non-hydrogen) atoms. The maximum absolute atomic E-state index is 11.0. The molecule has 0 spiro atoms. The number of aromatic nitrogens is 7. The summed E-state index contributed by atoms with van der Waals surface area (Å²) in [6, 6.07) is 1.73. The van der Waals surface area contributed by atoms with Crippen LogP contribution in [0.3, 0.4) is 0 Å². The summed E-state index contributed by atoms with van der Waals surface area (Å²) in [5, 5.41) is 32.4. The van der Waals surface area contributed by atoms with Gasteiger partial charge in [-0.15, -0.1) is 0 Å². The minimum atomic E-state index is -1.24. The highest BCUT2D eigenvalue weighted by Crippen LogP contribution is 2.40. The monoisotopic (exact) mass is 539 g/mol. The van der Waals surface area contributed by atoms with Gasteiger partial charge in [-0.2, -0.15) is 9.97 Å². The summed E-state index contributed by atoms with van der Waals surface area (Å²) in [6.45, 7) is 9.78. The van der Waals surface area contributed by atoms with Crippen LogP contribution in [0.2, 0.25) is 0 Å². The molecule has 4 N–H and O–H groups in total. The van der Waals surface area contributed by atoms with Gasteiger partial charge in [-0.25, -0.2) is 9.97 Å². The minimum absolute atomic E-state index is 0.146. The molecule has 4 aromatic rings. The number of nitrogens with zero attached hydrogens (tertiary/aromatic N) is 7. The van der Waals surface area contributed by atoms with Crippen molar-refractivity contribution in [3.05, 3.63) is 42.1 Å². The molecule has 210 valence electrons. The first-order chi connectivity index (χ1) is 18.6. The molecule has 1 fully saturated rings. The van der Waals surface area contributed by atoms with Gasteiger partial charge in [-0.1, -0.05) is 32.9 Å². The Morgan fingerprint density at radius 1 is 1.03 bits per heavy atom. The molecule has 5 heterocycles. The van der Waals surface area contributed by atoms with E-state index in [0.717, 1.165) is 17.8 Å². The third kappa shape index (κ3) is 5.89. The normalized spacial score (nSPS) is 21.6. The first-order valence-electron chi connectivity index (χ1n) is 13.3. The van der Waals surface area contributed by atoms with Gasteiger partial charge >= 0.3 is 0 Å². The quantitative estimate of drug-likeness (QED) is 0.234. The fraction of sp³-hybridized carbons (Fsp3) is 0.577. The van der Waals surface area contributed by atoms with Gasteiger partial charge in [0.1, 0.15) is 18.3 Å². The van der Waals surface area contributed by atoms with E-state index >= 15 is 0 Å². The van der Waals surface area contributed by atoms with E-state index in [0.29, 0.717) is 54.6 Å². The Bertz CT molecular complexity index is 1410. The molecule has 0 saturated carbocycles. The molecule has 4 atom stereocenters. The Balaban J connectivity index is 1.42. The molecule has 0 amide bonds. The average Bonchev–Trinajstić information content (AvgIpc) is 3.67. The van der Waals surface area contributed by atoms with Crippen LogP contribution in [0.25, 0.3) is 11.2 Å². The van der Waals surface area contributed by atoms with Crippen LogP contribution in [0.5, 0.6) is 0 Å². The Kier molecular flexibility index (Phi) is 7.56. The van der Waals surface area contributed by atoms with Gasteiger partial charge in [0.2, 0.25) is 5.95 Å². The predicted octanol–water partition coefficient (Wildman–Crippen LogP) is 2.60. The van der Waals surface area contributed by atoms with Crippen molar-refractivity contribution in [3.63, 3.8) is 0 Å². The van der Waals surface area contributed by atoms with Crippen LogP contribution in [-0.2, 0) is 24.6 Å². The van der Waals surface area contributed by atoms with E-state index in [1.807, 2.05) is 24.7 Å². The summed E-state index contributed by atoms with van der Waals surface area (Å²) in [5.74, 6) is 1.35. The third-order valence-corrected chi connectivity index (χ3v) is 6.74. The van der Waals surface area contributed by atoms with Gasteiger partial charge in [0.25, 0.3) is 0 Å². The number of aliphatic hydroxyl groups is 2. The van der Waals surface area contributed by atoms with Crippen molar-refractivity contribution in [1.82, 2.24) is 34.2 Å². The van der Waals surface area contributed by atoms with Crippen LogP contribution in [0.1, 0.15) is 63.6 Å². The molecule has 13 heteroatoms. The molecule has 1 aliphatic rings.